The van der Waals surface area contributed by atoms with Gasteiger partial charge in [-0.15, -0.1) is 11.6 Å². The molecule has 0 aromatic carbocycles. The zero-order chi connectivity index (χ0) is 10.4. The van der Waals surface area contributed by atoms with Gasteiger partial charge in [-0.2, -0.15) is 0 Å². The summed E-state index contributed by atoms with van der Waals surface area (Å²) in [6.45, 7) is 4.15. The van der Waals surface area contributed by atoms with Gasteiger partial charge in [-0.3, -0.25) is 4.79 Å². The Morgan fingerprint density at radius 1 is 1.50 bits per heavy atom. The lowest BCUT2D eigenvalue weighted by Crippen LogP contribution is -2.28. The zero-order valence-corrected chi connectivity index (χ0v) is 9.72. The number of amides is 1. The van der Waals surface area contributed by atoms with Crippen molar-refractivity contribution in [2.45, 2.75) is 39.0 Å². The normalized spacial score (nSPS) is 21.6. The molecule has 0 spiro atoms. The van der Waals surface area contributed by atoms with E-state index in [1.54, 1.807) is 0 Å². The number of hydrogen-bond donors (Lipinski definition) is 0. The van der Waals surface area contributed by atoms with Gasteiger partial charge in [0.2, 0.25) is 5.91 Å². The first-order valence-electron chi connectivity index (χ1n) is 5.61. The van der Waals surface area contributed by atoms with Crippen molar-refractivity contribution in [3.8, 4) is 0 Å². The van der Waals surface area contributed by atoms with E-state index >= 15 is 0 Å². The molecule has 1 fully saturated rings. The molecule has 0 N–H and O–H groups in total. The van der Waals surface area contributed by atoms with Crippen LogP contribution in [-0.2, 0) is 4.79 Å². The first-order valence-corrected chi connectivity index (χ1v) is 6.15. The van der Waals surface area contributed by atoms with E-state index in [0.29, 0.717) is 18.2 Å². The molecule has 1 rings (SSSR count). The van der Waals surface area contributed by atoms with E-state index in [4.69, 9.17) is 11.6 Å². The van der Waals surface area contributed by atoms with Crippen LogP contribution in [0.25, 0.3) is 0 Å². The van der Waals surface area contributed by atoms with Crippen LogP contribution in [-0.4, -0.2) is 29.8 Å². The highest BCUT2D eigenvalue weighted by Gasteiger charge is 2.24. The van der Waals surface area contributed by atoms with Crippen LogP contribution in [0.2, 0.25) is 0 Å². The van der Waals surface area contributed by atoms with E-state index < -0.39 is 0 Å². The molecular formula is C11H20ClNO. The lowest BCUT2D eigenvalue weighted by Gasteiger charge is -2.15. The number of rotatable bonds is 5. The summed E-state index contributed by atoms with van der Waals surface area (Å²) in [5, 5.41) is 0. The van der Waals surface area contributed by atoms with E-state index in [-0.39, 0.29) is 0 Å². The van der Waals surface area contributed by atoms with Gasteiger partial charge in [0.25, 0.3) is 0 Å². The van der Waals surface area contributed by atoms with Crippen molar-refractivity contribution in [3.05, 3.63) is 0 Å². The largest absolute Gasteiger partial charge is 0.342 e. The van der Waals surface area contributed by atoms with Gasteiger partial charge in [0.05, 0.1) is 0 Å². The van der Waals surface area contributed by atoms with Crippen LogP contribution in [0.5, 0.6) is 0 Å². The second-order valence-electron chi connectivity index (χ2n) is 4.05. The minimum absolute atomic E-state index is 0.325. The Labute approximate surface area is 91.6 Å². The van der Waals surface area contributed by atoms with Gasteiger partial charge >= 0.3 is 0 Å². The van der Waals surface area contributed by atoms with Gasteiger partial charge < -0.3 is 4.90 Å². The van der Waals surface area contributed by atoms with E-state index in [0.717, 1.165) is 31.8 Å². The first-order chi connectivity index (χ1) is 6.77. The van der Waals surface area contributed by atoms with Crippen LogP contribution < -0.4 is 0 Å². The molecule has 1 amide bonds. The molecule has 1 aliphatic rings. The zero-order valence-electron chi connectivity index (χ0n) is 8.97. The average molecular weight is 218 g/mol. The molecule has 2 nitrogen and oxygen atoms in total. The summed E-state index contributed by atoms with van der Waals surface area (Å²) >= 11 is 5.57. The molecule has 1 aliphatic heterocycles. The van der Waals surface area contributed by atoms with E-state index in [1.807, 2.05) is 4.90 Å². The summed E-state index contributed by atoms with van der Waals surface area (Å²) in [6.07, 6.45) is 4.97. The summed E-state index contributed by atoms with van der Waals surface area (Å²) < 4.78 is 0. The van der Waals surface area contributed by atoms with E-state index in [2.05, 4.69) is 6.92 Å². The van der Waals surface area contributed by atoms with Crippen LogP contribution >= 0.6 is 11.6 Å². The van der Waals surface area contributed by atoms with Crippen LogP contribution in [0, 0.1) is 5.92 Å². The number of hydrogen-bond acceptors (Lipinski definition) is 1. The second-order valence-corrected chi connectivity index (χ2v) is 4.43. The van der Waals surface area contributed by atoms with Crippen molar-refractivity contribution in [1.29, 1.82) is 0 Å². The lowest BCUT2D eigenvalue weighted by molar-refractivity contribution is -0.130. The van der Waals surface area contributed by atoms with Crippen molar-refractivity contribution in [2.24, 2.45) is 5.92 Å². The van der Waals surface area contributed by atoms with Crippen LogP contribution in [0.15, 0.2) is 0 Å². The van der Waals surface area contributed by atoms with Crippen molar-refractivity contribution >= 4 is 17.5 Å². The summed E-state index contributed by atoms with van der Waals surface area (Å²) in [7, 11) is 0. The molecule has 14 heavy (non-hydrogen) atoms. The molecule has 3 heteroatoms. The summed E-state index contributed by atoms with van der Waals surface area (Å²) in [5.74, 6) is 1.74. The Balaban J connectivity index is 2.18. The highest BCUT2D eigenvalue weighted by Crippen LogP contribution is 2.20. The topological polar surface area (TPSA) is 20.3 Å². The Morgan fingerprint density at radius 3 is 2.86 bits per heavy atom. The molecule has 0 radical (unpaired) electrons. The molecule has 0 saturated carbocycles. The predicted octanol–water partition coefficient (Wildman–Crippen LogP) is 2.65. The summed E-state index contributed by atoms with van der Waals surface area (Å²) in [5.41, 5.74) is 0. The Bertz CT molecular complexity index is 184. The molecule has 0 aromatic rings. The monoisotopic (exact) mass is 217 g/mol. The van der Waals surface area contributed by atoms with Crippen LogP contribution in [0.3, 0.4) is 0 Å². The Hall–Kier alpha value is -0.240. The van der Waals surface area contributed by atoms with Gasteiger partial charge in [-0.05, 0) is 25.2 Å². The molecule has 0 bridgehead atoms. The quantitative estimate of drug-likeness (QED) is 0.512. The number of halogens is 1. The van der Waals surface area contributed by atoms with Gasteiger partial charge in [-0.1, -0.05) is 13.3 Å². The van der Waals surface area contributed by atoms with Gasteiger partial charge in [-0.25, -0.2) is 0 Å². The maximum atomic E-state index is 11.7. The fraction of sp³-hybridized carbons (Fsp3) is 0.909. The second kappa shape index (κ2) is 6.28. The minimum Gasteiger partial charge on any atom is -0.342 e. The number of carbonyl (C=O) groups is 1. The highest BCUT2D eigenvalue weighted by atomic mass is 35.5. The molecule has 0 aliphatic carbocycles. The third kappa shape index (κ3) is 3.49. The smallest absolute Gasteiger partial charge is 0.222 e. The summed E-state index contributed by atoms with van der Waals surface area (Å²) in [6, 6.07) is 0. The maximum absolute atomic E-state index is 11.7. The average Bonchev–Trinajstić information content (AvgIpc) is 2.66. The third-order valence-electron chi connectivity index (χ3n) is 2.99. The lowest BCUT2D eigenvalue weighted by atomic mass is 10.1. The number of nitrogens with zero attached hydrogens (tertiary/aromatic N) is 1. The molecule has 1 atom stereocenters. The van der Waals surface area contributed by atoms with Crippen LogP contribution in [0.1, 0.15) is 39.0 Å². The van der Waals surface area contributed by atoms with Gasteiger partial charge in [0.1, 0.15) is 0 Å². The molecular weight excluding hydrogens is 198 g/mol. The molecule has 1 unspecified atom stereocenters. The molecule has 82 valence electrons. The maximum Gasteiger partial charge on any atom is 0.222 e. The van der Waals surface area contributed by atoms with Crippen molar-refractivity contribution < 1.29 is 4.79 Å². The van der Waals surface area contributed by atoms with E-state index in [1.165, 1.54) is 12.8 Å². The number of likely N-dealkylation sites (tertiary alicyclic amines) is 1. The van der Waals surface area contributed by atoms with Crippen molar-refractivity contribution in [1.82, 2.24) is 4.90 Å². The van der Waals surface area contributed by atoms with Crippen LogP contribution in [0.4, 0.5) is 0 Å². The minimum atomic E-state index is 0.325. The van der Waals surface area contributed by atoms with Crippen molar-refractivity contribution in [2.75, 3.05) is 19.0 Å². The van der Waals surface area contributed by atoms with Gasteiger partial charge in [0, 0.05) is 25.4 Å². The van der Waals surface area contributed by atoms with Gasteiger partial charge in [0.15, 0.2) is 0 Å². The number of alkyl halides is 1. The fourth-order valence-corrected chi connectivity index (χ4v) is 2.11. The predicted molar refractivity (Wildman–Crippen MR) is 59.5 cm³/mol. The first kappa shape index (κ1) is 11.8. The molecule has 1 saturated heterocycles. The number of unbranched alkanes of at least 4 members (excludes halogenated alkanes) is 1. The molecule has 0 aromatic heterocycles. The summed E-state index contributed by atoms with van der Waals surface area (Å²) in [4.78, 5) is 13.7. The van der Waals surface area contributed by atoms with E-state index in [9.17, 15) is 4.79 Å². The Kier molecular flexibility index (Phi) is 5.31. The Morgan fingerprint density at radius 2 is 2.29 bits per heavy atom. The third-order valence-corrected chi connectivity index (χ3v) is 3.26. The number of carbonyl (C=O) groups excluding carboxylic acids is 1. The molecule has 1 heterocycles. The SMILES string of the molecule is CCC1CCN(C(=O)CCCCCl)C1. The standard InChI is InChI=1S/C11H20ClNO/c1-2-10-6-8-13(9-10)11(14)5-3-4-7-12/h10H,2-9H2,1H3. The van der Waals surface area contributed by atoms with Crippen molar-refractivity contribution in [3.63, 3.8) is 0 Å². The highest BCUT2D eigenvalue weighted by molar-refractivity contribution is 6.17. The fourth-order valence-electron chi connectivity index (χ4n) is 1.92.